The quantitative estimate of drug-likeness (QED) is 0.920. The summed E-state index contributed by atoms with van der Waals surface area (Å²) in [6.07, 6.45) is 3.45. The second kappa shape index (κ2) is 8.02. The molecule has 1 fully saturated rings. The van der Waals surface area contributed by atoms with Crippen LogP contribution < -0.4 is 5.73 Å². The van der Waals surface area contributed by atoms with Gasteiger partial charge >= 0.3 is 0 Å². The van der Waals surface area contributed by atoms with E-state index in [0.29, 0.717) is 18.0 Å². The van der Waals surface area contributed by atoms with Crippen molar-refractivity contribution in [1.82, 2.24) is 4.90 Å². The number of hydrogen-bond donors (Lipinski definition) is 1. The number of benzene rings is 1. The fourth-order valence-electron chi connectivity index (χ4n) is 2.93. The van der Waals surface area contributed by atoms with E-state index in [4.69, 9.17) is 5.73 Å². The van der Waals surface area contributed by atoms with Crippen LogP contribution in [0.3, 0.4) is 0 Å². The highest BCUT2D eigenvalue weighted by Gasteiger charge is 2.22. The summed E-state index contributed by atoms with van der Waals surface area (Å²) in [5.74, 6) is 0.623. The van der Waals surface area contributed by atoms with Crippen molar-refractivity contribution in [3.63, 3.8) is 0 Å². The molecule has 114 valence electrons. The first kappa shape index (κ1) is 17.5. The molecule has 20 heavy (non-hydrogen) atoms. The van der Waals surface area contributed by atoms with Crippen molar-refractivity contribution in [3.8, 4) is 0 Å². The van der Waals surface area contributed by atoms with Crippen LogP contribution in [0.2, 0.25) is 0 Å². The predicted octanol–water partition coefficient (Wildman–Crippen LogP) is 3.59. The van der Waals surface area contributed by atoms with E-state index in [1.807, 2.05) is 0 Å². The number of rotatable bonds is 4. The lowest BCUT2D eigenvalue weighted by atomic mass is 9.98. The molecule has 1 aliphatic rings. The van der Waals surface area contributed by atoms with Crippen molar-refractivity contribution in [2.75, 3.05) is 13.1 Å². The minimum atomic E-state index is 0. The molecule has 1 aliphatic heterocycles. The van der Waals surface area contributed by atoms with Gasteiger partial charge in [-0.2, -0.15) is 0 Å². The molecule has 0 spiro atoms. The van der Waals surface area contributed by atoms with Crippen LogP contribution in [0.4, 0.5) is 0 Å². The van der Waals surface area contributed by atoms with Gasteiger partial charge in [-0.15, -0.1) is 12.4 Å². The van der Waals surface area contributed by atoms with Gasteiger partial charge in [-0.25, -0.2) is 0 Å². The Kier molecular flexibility index (Phi) is 7.01. The molecule has 2 nitrogen and oxygen atoms in total. The third-order valence-corrected chi connectivity index (χ3v) is 4.39. The Labute approximate surface area is 130 Å². The maximum absolute atomic E-state index is 6.01. The van der Waals surface area contributed by atoms with Crippen molar-refractivity contribution >= 4 is 12.4 Å². The molecule has 1 saturated heterocycles. The Balaban J connectivity index is 0.00000200. The lowest BCUT2D eigenvalue weighted by Crippen LogP contribution is -2.46. The van der Waals surface area contributed by atoms with E-state index < -0.39 is 0 Å². The molecule has 0 amide bonds. The van der Waals surface area contributed by atoms with E-state index in [-0.39, 0.29) is 12.4 Å². The normalized spacial score (nSPS) is 23.6. The summed E-state index contributed by atoms with van der Waals surface area (Å²) < 4.78 is 0. The summed E-state index contributed by atoms with van der Waals surface area (Å²) in [6, 6.07) is 10.2. The van der Waals surface area contributed by atoms with Crippen LogP contribution in [0.1, 0.15) is 50.7 Å². The van der Waals surface area contributed by atoms with Crippen molar-refractivity contribution in [3.05, 3.63) is 35.4 Å². The Morgan fingerprint density at radius 3 is 2.45 bits per heavy atom. The highest BCUT2D eigenvalue weighted by molar-refractivity contribution is 5.85. The third kappa shape index (κ3) is 4.76. The number of piperidine rings is 1. The molecule has 0 radical (unpaired) electrons. The molecular weight excluding hydrogens is 268 g/mol. The van der Waals surface area contributed by atoms with Gasteiger partial charge in [0.25, 0.3) is 0 Å². The Morgan fingerprint density at radius 1 is 1.25 bits per heavy atom. The van der Waals surface area contributed by atoms with Gasteiger partial charge in [0.15, 0.2) is 0 Å². The van der Waals surface area contributed by atoms with E-state index in [1.54, 1.807) is 0 Å². The zero-order valence-electron chi connectivity index (χ0n) is 13.0. The average molecular weight is 297 g/mol. The van der Waals surface area contributed by atoms with E-state index in [2.05, 4.69) is 49.9 Å². The molecule has 1 heterocycles. The topological polar surface area (TPSA) is 29.3 Å². The lowest BCUT2D eigenvalue weighted by Gasteiger charge is -2.36. The SMILES string of the molecule is CC(C)c1ccc(CCN2CCC(N)CC2C)cc1.Cl. The van der Waals surface area contributed by atoms with Gasteiger partial charge in [0.2, 0.25) is 0 Å². The zero-order chi connectivity index (χ0) is 13.8. The summed E-state index contributed by atoms with van der Waals surface area (Å²) in [4.78, 5) is 2.58. The van der Waals surface area contributed by atoms with Crippen molar-refractivity contribution < 1.29 is 0 Å². The molecule has 2 atom stereocenters. The molecule has 0 aliphatic carbocycles. The van der Waals surface area contributed by atoms with E-state index >= 15 is 0 Å². The van der Waals surface area contributed by atoms with Gasteiger partial charge in [-0.1, -0.05) is 38.1 Å². The summed E-state index contributed by atoms with van der Waals surface area (Å²) >= 11 is 0. The first-order valence-corrected chi connectivity index (χ1v) is 7.64. The van der Waals surface area contributed by atoms with Gasteiger partial charge in [0, 0.05) is 18.6 Å². The molecule has 2 N–H and O–H groups in total. The molecule has 2 rings (SSSR count). The Bertz CT molecular complexity index is 388. The monoisotopic (exact) mass is 296 g/mol. The maximum atomic E-state index is 6.01. The summed E-state index contributed by atoms with van der Waals surface area (Å²) in [5, 5.41) is 0. The third-order valence-electron chi connectivity index (χ3n) is 4.39. The number of likely N-dealkylation sites (tertiary alicyclic amines) is 1. The summed E-state index contributed by atoms with van der Waals surface area (Å²) in [7, 11) is 0. The van der Waals surface area contributed by atoms with Crippen LogP contribution in [-0.2, 0) is 6.42 Å². The van der Waals surface area contributed by atoms with E-state index in [1.165, 1.54) is 11.1 Å². The summed E-state index contributed by atoms with van der Waals surface area (Å²) in [6.45, 7) is 9.11. The van der Waals surface area contributed by atoms with Gasteiger partial charge in [-0.3, -0.25) is 0 Å². The van der Waals surface area contributed by atoms with Gasteiger partial charge in [0.05, 0.1) is 0 Å². The number of nitrogens with zero attached hydrogens (tertiary/aromatic N) is 1. The van der Waals surface area contributed by atoms with Gasteiger partial charge < -0.3 is 10.6 Å². The van der Waals surface area contributed by atoms with E-state index in [0.717, 1.165) is 32.4 Å². The van der Waals surface area contributed by atoms with Crippen LogP contribution in [0.15, 0.2) is 24.3 Å². The minimum absolute atomic E-state index is 0. The maximum Gasteiger partial charge on any atom is 0.00818 e. The number of halogens is 1. The van der Waals surface area contributed by atoms with Crippen molar-refractivity contribution in [2.24, 2.45) is 5.73 Å². The fourth-order valence-corrected chi connectivity index (χ4v) is 2.93. The molecule has 2 unspecified atom stereocenters. The molecule has 0 saturated carbocycles. The van der Waals surface area contributed by atoms with Crippen LogP contribution in [0.25, 0.3) is 0 Å². The van der Waals surface area contributed by atoms with Crippen LogP contribution in [0, 0.1) is 0 Å². The Morgan fingerprint density at radius 2 is 1.90 bits per heavy atom. The highest BCUT2D eigenvalue weighted by Crippen LogP contribution is 2.18. The predicted molar refractivity (Wildman–Crippen MR) is 89.7 cm³/mol. The molecule has 1 aromatic carbocycles. The molecule has 3 heteroatoms. The van der Waals surface area contributed by atoms with Crippen molar-refractivity contribution in [2.45, 2.75) is 58.0 Å². The molecule has 1 aromatic rings. The van der Waals surface area contributed by atoms with Crippen molar-refractivity contribution in [1.29, 1.82) is 0 Å². The molecule has 0 bridgehead atoms. The van der Waals surface area contributed by atoms with Crippen LogP contribution >= 0.6 is 12.4 Å². The smallest absolute Gasteiger partial charge is 0.00818 e. The van der Waals surface area contributed by atoms with Crippen LogP contribution in [-0.4, -0.2) is 30.1 Å². The standard InChI is InChI=1S/C17H28N2.ClH/c1-13(2)16-6-4-15(5-7-16)8-10-19-11-9-17(18)12-14(19)3;/h4-7,13-14,17H,8-12,18H2,1-3H3;1H. The molecule has 0 aromatic heterocycles. The van der Waals surface area contributed by atoms with Crippen LogP contribution in [0.5, 0.6) is 0 Å². The molecular formula is C17H29ClN2. The van der Waals surface area contributed by atoms with Gasteiger partial charge in [-0.05, 0) is 49.8 Å². The minimum Gasteiger partial charge on any atom is -0.328 e. The van der Waals surface area contributed by atoms with Gasteiger partial charge in [0.1, 0.15) is 0 Å². The lowest BCUT2D eigenvalue weighted by molar-refractivity contribution is 0.149. The average Bonchev–Trinajstić information content (AvgIpc) is 2.38. The number of nitrogens with two attached hydrogens (primary N) is 1. The number of hydrogen-bond acceptors (Lipinski definition) is 2. The highest BCUT2D eigenvalue weighted by atomic mass is 35.5. The fraction of sp³-hybridized carbons (Fsp3) is 0.647. The second-order valence-corrected chi connectivity index (χ2v) is 6.32. The Hall–Kier alpha value is -0.570. The first-order chi connectivity index (χ1) is 9.06. The zero-order valence-corrected chi connectivity index (χ0v) is 13.8. The summed E-state index contributed by atoms with van der Waals surface area (Å²) in [5.41, 5.74) is 8.89. The largest absolute Gasteiger partial charge is 0.328 e. The second-order valence-electron chi connectivity index (χ2n) is 6.32. The first-order valence-electron chi connectivity index (χ1n) is 7.64. The van der Waals surface area contributed by atoms with E-state index in [9.17, 15) is 0 Å².